The Morgan fingerprint density at radius 2 is 2.05 bits per heavy atom. The topological polar surface area (TPSA) is 51.0 Å². The van der Waals surface area contributed by atoms with E-state index in [4.69, 9.17) is 0 Å². The Balaban J connectivity index is 1.96. The van der Waals surface area contributed by atoms with Crippen LogP contribution in [0.2, 0.25) is 0 Å². The Morgan fingerprint density at radius 3 is 2.67 bits per heavy atom. The molecule has 0 spiro atoms. The molecule has 0 amide bonds. The van der Waals surface area contributed by atoms with Gasteiger partial charge in [0, 0.05) is 12.0 Å². The summed E-state index contributed by atoms with van der Waals surface area (Å²) < 4.78 is 28.4. The fourth-order valence-corrected chi connectivity index (χ4v) is 2.73. The SMILES string of the molecule is O=C(C[NH+]1CCCC[C@@H]1CO)c1ccc(OC(F)F)cc1. The molecule has 1 fully saturated rings. The lowest BCUT2D eigenvalue weighted by Crippen LogP contribution is -3.17. The van der Waals surface area contributed by atoms with Crippen LogP contribution >= 0.6 is 0 Å². The number of carbonyl (C=O) groups excluding carboxylic acids is 1. The fraction of sp³-hybridized carbons (Fsp3) is 0.533. The summed E-state index contributed by atoms with van der Waals surface area (Å²) >= 11 is 0. The fourth-order valence-electron chi connectivity index (χ4n) is 2.73. The summed E-state index contributed by atoms with van der Waals surface area (Å²) in [6, 6.07) is 5.85. The second kappa shape index (κ2) is 7.47. The number of hydrogen-bond acceptors (Lipinski definition) is 3. The third kappa shape index (κ3) is 4.47. The minimum Gasteiger partial charge on any atom is -0.435 e. The molecule has 1 aromatic carbocycles. The Bertz CT molecular complexity index is 464. The number of nitrogens with one attached hydrogen (secondary N) is 1. The lowest BCUT2D eigenvalue weighted by molar-refractivity contribution is -0.923. The van der Waals surface area contributed by atoms with E-state index in [1.165, 1.54) is 24.3 Å². The zero-order valence-corrected chi connectivity index (χ0v) is 11.7. The van der Waals surface area contributed by atoms with Crippen LogP contribution in [0.1, 0.15) is 29.6 Å². The maximum Gasteiger partial charge on any atom is 0.387 e. The third-order valence-electron chi connectivity index (χ3n) is 3.89. The first-order valence-corrected chi connectivity index (χ1v) is 7.13. The van der Waals surface area contributed by atoms with Gasteiger partial charge in [0.1, 0.15) is 18.3 Å². The number of Topliss-reactive ketones (excluding diaryl/α,β-unsaturated/α-hetero) is 1. The van der Waals surface area contributed by atoms with Gasteiger partial charge < -0.3 is 14.7 Å². The van der Waals surface area contributed by atoms with Crippen LogP contribution in [0.15, 0.2) is 24.3 Å². The standard InChI is InChI=1S/C15H19F2NO3/c16-15(17)21-13-6-4-11(5-7-13)14(20)9-18-8-2-1-3-12(18)10-19/h4-7,12,15,19H,1-3,8-10H2/p+1/t12-/m1/s1. The van der Waals surface area contributed by atoms with Crippen molar-refractivity contribution in [3.8, 4) is 5.75 Å². The quantitative estimate of drug-likeness (QED) is 0.768. The van der Waals surface area contributed by atoms with Crippen LogP contribution in [0.3, 0.4) is 0 Å². The van der Waals surface area contributed by atoms with E-state index in [2.05, 4.69) is 4.74 Å². The minimum absolute atomic E-state index is 0.0418. The van der Waals surface area contributed by atoms with E-state index in [1.807, 2.05) is 0 Å². The van der Waals surface area contributed by atoms with Gasteiger partial charge in [-0.2, -0.15) is 8.78 Å². The largest absolute Gasteiger partial charge is 0.435 e. The van der Waals surface area contributed by atoms with Crippen molar-refractivity contribution in [2.75, 3.05) is 19.7 Å². The van der Waals surface area contributed by atoms with E-state index in [1.54, 1.807) is 0 Å². The lowest BCUT2D eigenvalue weighted by Gasteiger charge is -2.30. The van der Waals surface area contributed by atoms with Crippen molar-refractivity contribution < 1.29 is 28.3 Å². The van der Waals surface area contributed by atoms with E-state index in [9.17, 15) is 18.7 Å². The van der Waals surface area contributed by atoms with Crippen LogP contribution in [0.25, 0.3) is 0 Å². The molecular formula is C15H20F2NO3+. The molecule has 116 valence electrons. The van der Waals surface area contributed by atoms with Crippen LogP contribution in [0.5, 0.6) is 5.75 Å². The molecule has 0 aromatic heterocycles. The Morgan fingerprint density at radius 1 is 1.33 bits per heavy atom. The second-order valence-corrected chi connectivity index (χ2v) is 5.29. The summed E-state index contributed by atoms with van der Waals surface area (Å²) in [4.78, 5) is 13.3. The van der Waals surface area contributed by atoms with Gasteiger partial charge in [-0.15, -0.1) is 0 Å². The predicted octanol–water partition coefficient (Wildman–Crippen LogP) is 0.900. The summed E-state index contributed by atoms with van der Waals surface area (Å²) in [5, 5.41) is 9.35. The van der Waals surface area contributed by atoms with Crippen LogP contribution in [-0.2, 0) is 0 Å². The Labute approximate surface area is 122 Å². The first-order valence-electron chi connectivity index (χ1n) is 7.13. The number of rotatable bonds is 6. The number of ether oxygens (including phenoxy) is 1. The first kappa shape index (κ1) is 15.9. The van der Waals surface area contributed by atoms with Crippen molar-refractivity contribution in [2.45, 2.75) is 31.9 Å². The number of carbonyl (C=O) groups is 1. The molecule has 1 aliphatic heterocycles. The van der Waals surface area contributed by atoms with Crippen molar-refractivity contribution in [1.82, 2.24) is 0 Å². The van der Waals surface area contributed by atoms with Crippen molar-refractivity contribution in [2.24, 2.45) is 0 Å². The average Bonchev–Trinajstić information content (AvgIpc) is 2.48. The van der Waals surface area contributed by atoms with Crippen LogP contribution in [0.4, 0.5) is 8.78 Å². The molecule has 2 rings (SSSR count). The third-order valence-corrected chi connectivity index (χ3v) is 3.89. The van der Waals surface area contributed by atoms with Crippen molar-refractivity contribution in [3.05, 3.63) is 29.8 Å². The number of aliphatic hydroxyl groups excluding tert-OH is 1. The summed E-state index contributed by atoms with van der Waals surface area (Å²) in [5.41, 5.74) is 0.478. The van der Waals surface area contributed by atoms with Crippen LogP contribution in [0, 0.1) is 0 Å². The van der Waals surface area contributed by atoms with Gasteiger partial charge >= 0.3 is 6.61 Å². The molecule has 4 nitrogen and oxygen atoms in total. The monoisotopic (exact) mass is 300 g/mol. The lowest BCUT2D eigenvalue weighted by atomic mass is 10.0. The highest BCUT2D eigenvalue weighted by Crippen LogP contribution is 2.15. The molecule has 1 heterocycles. The number of benzene rings is 1. The number of quaternary nitrogens is 1. The van der Waals surface area contributed by atoms with Crippen LogP contribution in [-0.4, -0.2) is 43.2 Å². The van der Waals surface area contributed by atoms with Gasteiger partial charge in [-0.1, -0.05) is 0 Å². The van der Waals surface area contributed by atoms with E-state index < -0.39 is 6.61 Å². The van der Waals surface area contributed by atoms with Gasteiger partial charge in [-0.3, -0.25) is 4.79 Å². The van der Waals surface area contributed by atoms with E-state index in [0.717, 1.165) is 30.7 Å². The predicted molar refractivity (Wildman–Crippen MR) is 72.8 cm³/mol. The molecular weight excluding hydrogens is 280 g/mol. The van der Waals surface area contributed by atoms with Crippen LogP contribution < -0.4 is 9.64 Å². The van der Waals surface area contributed by atoms with Gasteiger partial charge in [-0.25, -0.2) is 0 Å². The van der Waals surface area contributed by atoms with E-state index in [-0.39, 0.29) is 24.2 Å². The number of hydrogen-bond donors (Lipinski definition) is 2. The van der Waals surface area contributed by atoms with Crippen molar-refractivity contribution >= 4 is 5.78 Å². The Hall–Kier alpha value is -1.53. The summed E-state index contributed by atoms with van der Waals surface area (Å²) in [5.74, 6) is -0.00551. The molecule has 0 aliphatic carbocycles. The smallest absolute Gasteiger partial charge is 0.387 e. The van der Waals surface area contributed by atoms with Gasteiger partial charge in [0.05, 0.1) is 13.2 Å². The molecule has 2 atom stereocenters. The normalized spacial score (nSPS) is 22.3. The maximum atomic E-state index is 12.2. The van der Waals surface area contributed by atoms with E-state index in [0.29, 0.717) is 12.1 Å². The van der Waals surface area contributed by atoms with Gasteiger partial charge in [0.15, 0.2) is 0 Å². The average molecular weight is 300 g/mol. The number of alkyl halides is 2. The molecule has 0 saturated carbocycles. The van der Waals surface area contributed by atoms with Gasteiger partial charge in [-0.05, 0) is 37.1 Å². The molecule has 2 N–H and O–H groups in total. The van der Waals surface area contributed by atoms with E-state index >= 15 is 0 Å². The van der Waals surface area contributed by atoms with Crippen molar-refractivity contribution in [1.29, 1.82) is 0 Å². The Kier molecular flexibility index (Phi) is 5.64. The number of piperidine rings is 1. The van der Waals surface area contributed by atoms with Gasteiger partial charge in [0.25, 0.3) is 0 Å². The summed E-state index contributed by atoms with van der Waals surface area (Å²) in [7, 11) is 0. The zero-order chi connectivity index (χ0) is 15.2. The zero-order valence-electron chi connectivity index (χ0n) is 11.7. The minimum atomic E-state index is -2.87. The molecule has 1 saturated heterocycles. The molecule has 21 heavy (non-hydrogen) atoms. The first-order chi connectivity index (χ1) is 10.1. The number of likely N-dealkylation sites (tertiary alicyclic amines) is 1. The molecule has 1 aliphatic rings. The molecule has 1 aromatic rings. The highest BCUT2D eigenvalue weighted by Gasteiger charge is 2.27. The van der Waals surface area contributed by atoms with Crippen molar-refractivity contribution in [3.63, 3.8) is 0 Å². The number of halogens is 2. The maximum absolute atomic E-state index is 12.2. The highest BCUT2D eigenvalue weighted by atomic mass is 19.3. The molecule has 0 radical (unpaired) electrons. The molecule has 6 heteroatoms. The molecule has 0 bridgehead atoms. The highest BCUT2D eigenvalue weighted by molar-refractivity contribution is 5.96. The van der Waals surface area contributed by atoms with Gasteiger partial charge in [0.2, 0.25) is 5.78 Å². The number of aliphatic hydroxyl groups is 1. The number of ketones is 1. The molecule has 1 unspecified atom stereocenters. The summed E-state index contributed by atoms with van der Waals surface area (Å²) in [6.45, 7) is -1.58. The summed E-state index contributed by atoms with van der Waals surface area (Å²) in [6.07, 6.45) is 3.07. The second-order valence-electron chi connectivity index (χ2n) is 5.29.